The molecule has 1 aliphatic carbocycles. The number of imidazole rings is 1. The maximum absolute atomic E-state index is 6.00. The number of hydrogen-bond donors (Lipinski definition) is 1. The van der Waals surface area contributed by atoms with Crippen LogP contribution in [0.4, 0.5) is 0 Å². The zero-order chi connectivity index (χ0) is 12.6. The van der Waals surface area contributed by atoms with Gasteiger partial charge in [0.1, 0.15) is 4.33 Å². The normalized spacial score (nSPS) is 20.9. The minimum atomic E-state index is -0.498. The highest BCUT2D eigenvalue weighted by atomic mass is 35.5. The summed E-state index contributed by atoms with van der Waals surface area (Å²) in [5, 5.41) is 0.921. The molecule has 0 amide bonds. The zero-order valence-corrected chi connectivity index (χ0v) is 11.9. The molecule has 1 aromatic heterocycles. The SMILES string of the molecule is ClC1(Cl)C[C@H]1CSc1ncc(-c2ccccc2)[nH]1. The fourth-order valence-electron chi connectivity index (χ4n) is 1.77. The minimum Gasteiger partial charge on any atom is -0.333 e. The van der Waals surface area contributed by atoms with Crippen molar-refractivity contribution < 1.29 is 0 Å². The second-order valence-corrected chi connectivity index (χ2v) is 6.99. The summed E-state index contributed by atoms with van der Waals surface area (Å²) >= 11 is 13.7. The van der Waals surface area contributed by atoms with Gasteiger partial charge in [-0.25, -0.2) is 4.98 Å². The monoisotopic (exact) mass is 298 g/mol. The van der Waals surface area contributed by atoms with E-state index in [-0.39, 0.29) is 0 Å². The van der Waals surface area contributed by atoms with Crippen molar-refractivity contribution in [3.8, 4) is 11.3 Å². The highest BCUT2D eigenvalue weighted by Crippen LogP contribution is 2.54. The van der Waals surface area contributed by atoms with Gasteiger partial charge in [0, 0.05) is 11.7 Å². The van der Waals surface area contributed by atoms with Crippen molar-refractivity contribution in [2.24, 2.45) is 5.92 Å². The molecule has 1 atom stereocenters. The third-order valence-corrected chi connectivity index (χ3v) is 4.99. The number of rotatable bonds is 4. The molecule has 18 heavy (non-hydrogen) atoms. The van der Waals surface area contributed by atoms with Gasteiger partial charge < -0.3 is 4.98 Å². The lowest BCUT2D eigenvalue weighted by atomic mass is 10.2. The molecular formula is C13H12Cl2N2S. The van der Waals surface area contributed by atoms with Crippen LogP contribution in [-0.4, -0.2) is 20.1 Å². The smallest absolute Gasteiger partial charge is 0.165 e. The molecule has 5 heteroatoms. The molecule has 2 aromatic rings. The van der Waals surface area contributed by atoms with Gasteiger partial charge in [-0.3, -0.25) is 0 Å². The Morgan fingerprint density at radius 2 is 2.06 bits per heavy atom. The number of alkyl halides is 2. The predicted octanol–water partition coefficient (Wildman–Crippen LogP) is 4.36. The summed E-state index contributed by atoms with van der Waals surface area (Å²) in [6.45, 7) is 0. The quantitative estimate of drug-likeness (QED) is 0.671. The lowest BCUT2D eigenvalue weighted by Crippen LogP contribution is -1.93. The fraction of sp³-hybridized carbons (Fsp3) is 0.308. The summed E-state index contributed by atoms with van der Waals surface area (Å²) in [5.41, 5.74) is 2.18. The van der Waals surface area contributed by atoms with Crippen LogP contribution in [0.2, 0.25) is 0 Å². The van der Waals surface area contributed by atoms with Crippen molar-refractivity contribution in [1.82, 2.24) is 9.97 Å². The summed E-state index contributed by atoms with van der Waals surface area (Å²) in [6, 6.07) is 10.2. The van der Waals surface area contributed by atoms with Crippen molar-refractivity contribution in [3.05, 3.63) is 36.5 Å². The third kappa shape index (κ3) is 2.68. The number of H-pyrrole nitrogens is 1. The summed E-state index contributed by atoms with van der Waals surface area (Å²) in [6.07, 6.45) is 2.74. The second kappa shape index (κ2) is 4.80. The van der Waals surface area contributed by atoms with Crippen molar-refractivity contribution >= 4 is 35.0 Å². The van der Waals surface area contributed by atoms with Crippen LogP contribution in [0.15, 0.2) is 41.7 Å². The Morgan fingerprint density at radius 3 is 2.72 bits per heavy atom. The van der Waals surface area contributed by atoms with E-state index in [4.69, 9.17) is 23.2 Å². The molecule has 1 aliphatic rings. The van der Waals surface area contributed by atoms with E-state index in [1.165, 1.54) is 0 Å². The largest absolute Gasteiger partial charge is 0.333 e. The number of halogens is 2. The first-order valence-corrected chi connectivity index (χ1v) is 7.50. The molecule has 0 unspecified atom stereocenters. The number of nitrogens with zero attached hydrogens (tertiary/aromatic N) is 1. The molecule has 1 aromatic carbocycles. The molecule has 0 aliphatic heterocycles. The molecule has 1 N–H and O–H groups in total. The van der Waals surface area contributed by atoms with Gasteiger partial charge in [-0.05, 0) is 12.0 Å². The standard InChI is InChI=1S/C13H12Cl2N2S/c14-13(15)6-10(13)8-18-12-16-7-11(17-12)9-4-2-1-3-5-9/h1-5,7,10H,6,8H2,(H,16,17)/t10-/m0/s1. The maximum Gasteiger partial charge on any atom is 0.165 e. The third-order valence-electron chi connectivity index (χ3n) is 3.01. The van der Waals surface area contributed by atoms with Crippen LogP contribution in [0.3, 0.4) is 0 Å². The van der Waals surface area contributed by atoms with E-state index in [1.54, 1.807) is 11.8 Å². The summed E-state index contributed by atoms with van der Waals surface area (Å²) in [4.78, 5) is 7.67. The van der Waals surface area contributed by atoms with E-state index in [9.17, 15) is 0 Å². The number of aromatic amines is 1. The average molecular weight is 299 g/mol. The van der Waals surface area contributed by atoms with Gasteiger partial charge in [-0.15, -0.1) is 23.2 Å². The predicted molar refractivity (Wildman–Crippen MR) is 77.3 cm³/mol. The van der Waals surface area contributed by atoms with Crippen molar-refractivity contribution in [1.29, 1.82) is 0 Å². The number of hydrogen-bond acceptors (Lipinski definition) is 2. The van der Waals surface area contributed by atoms with E-state index in [0.29, 0.717) is 5.92 Å². The van der Waals surface area contributed by atoms with Crippen molar-refractivity contribution in [2.75, 3.05) is 5.75 Å². The van der Waals surface area contributed by atoms with Crippen LogP contribution in [0.5, 0.6) is 0 Å². The van der Waals surface area contributed by atoms with Crippen LogP contribution in [0.25, 0.3) is 11.3 Å². The molecule has 0 radical (unpaired) electrons. The number of thioether (sulfide) groups is 1. The first kappa shape index (κ1) is 12.4. The van der Waals surface area contributed by atoms with Crippen LogP contribution in [0, 0.1) is 5.92 Å². The van der Waals surface area contributed by atoms with E-state index >= 15 is 0 Å². The minimum absolute atomic E-state index is 0.385. The van der Waals surface area contributed by atoms with Crippen molar-refractivity contribution in [3.63, 3.8) is 0 Å². The zero-order valence-electron chi connectivity index (χ0n) is 9.57. The number of aromatic nitrogens is 2. The number of benzene rings is 1. The summed E-state index contributed by atoms with van der Waals surface area (Å²) in [5.74, 6) is 1.30. The highest BCUT2D eigenvalue weighted by molar-refractivity contribution is 7.99. The van der Waals surface area contributed by atoms with Crippen molar-refractivity contribution in [2.45, 2.75) is 15.9 Å². The van der Waals surface area contributed by atoms with E-state index in [1.807, 2.05) is 24.4 Å². The Labute approximate surface area is 120 Å². The van der Waals surface area contributed by atoms with E-state index in [2.05, 4.69) is 22.1 Å². The van der Waals surface area contributed by atoms with E-state index < -0.39 is 4.33 Å². The molecule has 0 spiro atoms. The molecule has 1 saturated carbocycles. The molecule has 0 saturated heterocycles. The number of nitrogens with one attached hydrogen (secondary N) is 1. The molecule has 3 rings (SSSR count). The Balaban J connectivity index is 1.64. The second-order valence-electron chi connectivity index (χ2n) is 4.44. The molecule has 1 heterocycles. The van der Waals surface area contributed by atoms with Gasteiger partial charge in [0.2, 0.25) is 0 Å². The van der Waals surface area contributed by atoms with Crippen LogP contribution >= 0.6 is 35.0 Å². The van der Waals surface area contributed by atoms with Gasteiger partial charge in [0.25, 0.3) is 0 Å². The van der Waals surface area contributed by atoms with Gasteiger partial charge in [0.05, 0.1) is 11.9 Å². The Morgan fingerprint density at radius 1 is 1.33 bits per heavy atom. The van der Waals surface area contributed by atoms with E-state index in [0.717, 1.165) is 28.6 Å². The highest BCUT2D eigenvalue weighted by Gasteiger charge is 2.51. The molecule has 0 bridgehead atoms. The lowest BCUT2D eigenvalue weighted by molar-refractivity contribution is 0.966. The van der Waals surface area contributed by atoms with Crippen LogP contribution < -0.4 is 0 Å². The summed E-state index contributed by atoms with van der Waals surface area (Å²) < 4.78 is -0.498. The molecule has 1 fully saturated rings. The van der Waals surface area contributed by atoms with Gasteiger partial charge >= 0.3 is 0 Å². The van der Waals surface area contributed by atoms with Gasteiger partial charge in [-0.1, -0.05) is 42.1 Å². The van der Waals surface area contributed by atoms with Gasteiger partial charge in [0.15, 0.2) is 5.16 Å². The maximum atomic E-state index is 6.00. The lowest BCUT2D eigenvalue weighted by Gasteiger charge is -1.98. The average Bonchev–Trinajstić information content (AvgIpc) is 2.79. The van der Waals surface area contributed by atoms with Crippen LogP contribution in [0.1, 0.15) is 6.42 Å². The summed E-state index contributed by atoms with van der Waals surface area (Å²) in [7, 11) is 0. The topological polar surface area (TPSA) is 28.7 Å². The van der Waals surface area contributed by atoms with Crippen LogP contribution in [-0.2, 0) is 0 Å². The first-order valence-electron chi connectivity index (χ1n) is 5.76. The first-order chi connectivity index (χ1) is 8.65. The Hall–Kier alpha value is -0.640. The molecule has 94 valence electrons. The molecular weight excluding hydrogens is 287 g/mol. The Bertz CT molecular complexity index is 539. The Kier molecular flexibility index (Phi) is 3.31. The molecule has 2 nitrogen and oxygen atoms in total. The fourth-order valence-corrected chi connectivity index (χ4v) is 3.55. The van der Waals surface area contributed by atoms with Gasteiger partial charge in [-0.2, -0.15) is 0 Å².